The fourth-order valence-corrected chi connectivity index (χ4v) is 6.01. The monoisotopic (exact) mass is 347 g/mol. The van der Waals surface area contributed by atoms with Crippen molar-refractivity contribution in [2.45, 2.75) is 51.9 Å². The molecule has 0 radical (unpaired) electrons. The molecule has 0 spiro atoms. The lowest BCUT2D eigenvalue weighted by molar-refractivity contribution is -0.142. The molecule has 134 valence electrons. The summed E-state index contributed by atoms with van der Waals surface area (Å²) in [6.45, 7) is 3.13. The van der Waals surface area contributed by atoms with Crippen LogP contribution in [0.15, 0.2) is 0 Å². The van der Waals surface area contributed by atoms with Gasteiger partial charge in [-0.25, -0.2) is 17.5 Å². The van der Waals surface area contributed by atoms with E-state index in [1.165, 1.54) is 6.42 Å². The number of sulfonamides is 1. The molecule has 2 rings (SSSR count). The maximum Gasteiger partial charge on any atom is 0.329 e. The fourth-order valence-electron chi connectivity index (χ4n) is 3.81. The first-order chi connectivity index (χ1) is 10.8. The second-order valence-corrected chi connectivity index (χ2v) is 9.37. The van der Waals surface area contributed by atoms with Crippen LogP contribution in [0.3, 0.4) is 0 Å². The first-order valence-corrected chi connectivity index (χ1v) is 10.2. The van der Waals surface area contributed by atoms with Gasteiger partial charge in [-0.1, -0.05) is 26.2 Å². The lowest BCUT2D eigenvalue weighted by Gasteiger charge is -2.37. The van der Waals surface area contributed by atoms with Crippen molar-refractivity contribution in [3.63, 3.8) is 0 Å². The van der Waals surface area contributed by atoms with Gasteiger partial charge in [0.1, 0.15) is 6.61 Å². The Morgan fingerprint density at radius 1 is 1.26 bits per heavy atom. The Kier molecular flexibility index (Phi) is 6.45. The SMILES string of the molecule is CC1(CS(=O)(=O)N2CCCC(COCC(=O)O)C2)CCCCC1. The number of carbonyl (C=O) groups is 1. The summed E-state index contributed by atoms with van der Waals surface area (Å²) >= 11 is 0. The molecule has 1 heterocycles. The molecule has 0 amide bonds. The molecular formula is C16H29NO5S. The molecule has 0 aromatic rings. The van der Waals surface area contributed by atoms with Crippen LogP contribution in [0.25, 0.3) is 0 Å². The quantitative estimate of drug-likeness (QED) is 0.762. The largest absolute Gasteiger partial charge is 0.480 e. The van der Waals surface area contributed by atoms with E-state index >= 15 is 0 Å². The van der Waals surface area contributed by atoms with Crippen LogP contribution in [0.2, 0.25) is 0 Å². The Morgan fingerprint density at radius 2 is 1.96 bits per heavy atom. The van der Waals surface area contributed by atoms with Gasteiger partial charge in [0, 0.05) is 13.1 Å². The van der Waals surface area contributed by atoms with E-state index in [1.807, 2.05) is 0 Å². The molecule has 0 bridgehead atoms. The molecule has 1 aliphatic carbocycles. The van der Waals surface area contributed by atoms with Crippen molar-refractivity contribution in [3.05, 3.63) is 0 Å². The summed E-state index contributed by atoms with van der Waals surface area (Å²) in [7, 11) is -3.25. The van der Waals surface area contributed by atoms with E-state index in [2.05, 4.69) is 6.92 Å². The predicted octanol–water partition coefficient (Wildman–Crippen LogP) is 2.10. The van der Waals surface area contributed by atoms with Gasteiger partial charge in [-0.2, -0.15) is 0 Å². The summed E-state index contributed by atoms with van der Waals surface area (Å²) in [5, 5.41) is 8.60. The number of ether oxygens (including phenoxy) is 1. The zero-order valence-electron chi connectivity index (χ0n) is 14.0. The Balaban J connectivity index is 1.89. The third-order valence-electron chi connectivity index (χ3n) is 5.05. The summed E-state index contributed by atoms with van der Waals surface area (Å²) in [4.78, 5) is 10.5. The first-order valence-electron chi connectivity index (χ1n) is 8.58. The zero-order valence-corrected chi connectivity index (χ0v) is 14.8. The number of hydrogen-bond acceptors (Lipinski definition) is 4. The van der Waals surface area contributed by atoms with Crippen LogP contribution >= 0.6 is 0 Å². The average molecular weight is 347 g/mol. The Hall–Kier alpha value is -0.660. The van der Waals surface area contributed by atoms with E-state index < -0.39 is 16.0 Å². The molecule has 0 aromatic heterocycles. The van der Waals surface area contributed by atoms with Gasteiger partial charge in [0.15, 0.2) is 0 Å². The number of hydrogen-bond donors (Lipinski definition) is 1. The van der Waals surface area contributed by atoms with Gasteiger partial charge in [-0.15, -0.1) is 0 Å². The van der Waals surface area contributed by atoms with Crippen molar-refractivity contribution >= 4 is 16.0 Å². The van der Waals surface area contributed by atoms with Gasteiger partial charge < -0.3 is 9.84 Å². The van der Waals surface area contributed by atoms with E-state index in [0.717, 1.165) is 38.5 Å². The normalized spacial score (nSPS) is 26.0. The second kappa shape index (κ2) is 7.94. The zero-order chi connectivity index (χ0) is 16.9. The van der Waals surface area contributed by atoms with E-state index in [0.29, 0.717) is 19.7 Å². The Bertz CT molecular complexity index is 499. The fraction of sp³-hybridized carbons (Fsp3) is 0.938. The number of piperidine rings is 1. The van der Waals surface area contributed by atoms with Crippen LogP contribution in [0.4, 0.5) is 0 Å². The molecule has 2 fully saturated rings. The minimum Gasteiger partial charge on any atom is -0.480 e. The van der Waals surface area contributed by atoms with Gasteiger partial charge >= 0.3 is 5.97 Å². The van der Waals surface area contributed by atoms with Crippen LogP contribution < -0.4 is 0 Å². The summed E-state index contributed by atoms with van der Waals surface area (Å²) < 4.78 is 32.3. The van der Waals surface area contributed by atoms with Crippen LogP contribution in [-0.2, 0) is 19.6 Å². The van der Waals surface area contributed by atoms with E-state index in [1.54, 1.807) is 4.31 Å². The van der Waals surface area contributed by atoms with E-state index in [9.17, 15) is 13.2 Å². The van der Waals surface area contributed by atoms with Crippen LogP contribution in [0.5, 0.6) is 0 Å². The smallest absolute Gasteiger partial charge is 0.329 e. The molecule has 2 aliphatic rings. The number of aliphatic carboxylic acids is 1. The summed E-state index contributed by atoms with van der Waals surface area (Å²) in [6.07, 6.45) is 7.15. The summed E-state index contributed by atoms with van der Waals surface area (Å²) in [5.74, 6) is -0.657. The number of nitrogens with zero attached hydrogens (tertiary/aromatic N) is 1. The molecule has 1 saturated heterocycles. The minimum atomic E-state index is -3.25. The first kappa shape index (κ1) is 18.7. The summed E-state index contributed by atoms with van der Waals surface area (Å²) in [5.41, 5.74) is -0.0934. The van der Waals surface area contributed by atoms with E-state index in [-0.39, 0.29) is 23.7 Å². The highest BCUT2D eigenvalue weighted by molar-refractivity contribution is 7.89. The molecule has 6 nitrogen and oxygen atoms in total. The van der Waals surface area contributed by atoms with Gasteiger partial charge in [0.25, 0.3) is 0 Å². The number of rotatable bonds is 7. The highest BCUT2D eigenvalue weighted by Gasteiger charge is 2.37. The standard InChI is InChI=1S/C16H29NO5S/c1-16(7-3-2-4-8-16)13-23(20,21)17-9-5-6-14(10-17)11-22-12-15(18)19/h14H,2-13H2,1H3,(H,18,19). The molecule has 1 atom stereocenters. The van der Waals surface area contributed by atoms with E-state index in [4.69, 9.17) is 9.84 Å². The molecule has 0 aromatic carbocycles. The van der Waals surface area contributed by atoms with Gasteiger partial charge in [0.05, 0.1) is 12.4 Å². The molecule has 23 heavy (non-hydrogen) atoms. The van der Waals surface area contributed by atoms with Crippen molar-refractivity contribution in [2.75, 3.05) is 32.1 Å². The van der Waals surface area contributed by atoms with Crippen LogP contribution in [0.1, 0.15) is 51.9 Å². The average Bonchev–Trinajstić information content (AvgIpc) is 2.47. The second-order valence-electron chi connectivity index (χ2n) is 7.40. The Labute approximate surface area is 139 Å². The predicted molar refractivity (Wildman–Crippen MR) is 87.7 cm³/mol. The van der Waals surface area contributed by atoms with Crippen molar-refractivity contribution in [1.82, 2.24) is 4.31 Å². The van der Waals surface area contributed by atoms with Crippen molar-refractivity contribution in [1.29, 1.82) is 0 Å². The maximum absolute atomic E-state index is 12.8. The van der Waals surface area contributed by atoms with Gasteiger partial charge in [0.2, 0.25) is 10.0 Å². The molecule has 7 heteroatoms. The summed E-state index contributed by atoms with van der Waals surface area (Å²) in [6, 6.07) is 0. The Morgan fingerprint density at radius 3 is 2.61 bits per heavy atom. The highest BCUT2D eigenvalue weighted by atomic mass is 32.2. The molecular weight excluding hydrogens is 318 g/mol. The number of carboxylic acids is 1. The molecule has 1 unspecified atom stereocenters. The van der Waals surface area contributed by atoms with Crippen molar-refractivity contribution < 1.29 is 23.1 Å². The van der Waals surface area contributed by atoms with Crippen LogP contribution in [-0.4, -0.2) is 55.9 Å². The van der Waals surface area contributed by atoms with Crippen LogP contribution in [0, 0.1) is 11.3 Å². The van der Waals surface area contributed by atoms with Gasteiger partial charge in [-0.05, 0) is 37.0 Å². The highest BCUT2D eigenvalue weighted by Crippen LogP contribution is 2.38. The molecule has 1 aliphatic heterocycles. The third kappa shape index (κ3) is 5.72. The molecule has 1 N–H and O–H groups in total. The molecule has 1 saturated carbocycles. The number of carboxylic acid groups (broad SMARTS) is 1. The van der Waals surface area contributed by atoms with Crippen molar-refractivity contribution in [2.24, 2.45) is 11.3 Å². The van der Waals surface area contributed by atoms with Gasteiger partial charge in [-0.3, -0.25) is 0 Å². The maximum atomic E-state index is 12.8. The topological polar surface area (TPSA) is 83.9 Å². The third-order valence-corrected chi connectivity index (χ3v) is 7.23. The lowest BCUT2D eigenvalue weighted by atomic mass is 9.77. The van der Waals surface area contributed by atoms with Crippen molar-refractivity contribution in [3.8, 4) is 0 Å². The lowest BCUT2D eigenvalue weighted by Crippen LogP contribution is -2.45. The minimum absolute atomic E-state index is 0.0934.